The van der Waals surface area contributed by atoms with Gasteiger partial charge in [-0.3, -0.25) is 4.79 Å². The molecule has 108 valence electrons. The van der Waals surface area contributed by atoms with Gasteiger partial charge < -0.3 is 15.7 Å². The zero-order chi connectivity index (χ0) is 14.9. The van der Waals surface area contributed by atoms with Crippen LogP contribution in [0.5, 0.6) is 0 Å². The van der Waals surface area contributed by atoms with Crippen molar-refractivity contribution in [2.45, 2.75) is 13.3 Å². The van der Waals surface area contributed by atoms with Crippen molar-refractivity contribution in [3.05, 3.63) is 26.6 Å². The van der Waals surface area contributed by atoms with Gasteiger partial charge in [0.15, 0.2) is 0 Å². The SMILES string of the molecule is CC1(C(=O)Nc2c(Br)cc(Br)cc2C(=O)O)CCNC1. The molecule has 0 bridgehead atoms. The maximum atomic E-state index is 12.4. The van der Waals surface area contributed by atoms with Crippen molar-refractivity contribution >= 4 is 49.4 Å². The van der Waals surface area contributed by atoms with Gasteiger partial charge in [-0.05, 0) is 48.0 Å². The van der Waals surface area contributed by atoms with Crippen LogP contribution in [0.4, 0.5) is 5.69 Å². The lowest BCUT2D eigenvalue weighted by Crippen LogP contribution is -2.35. The highest BCUT2D eigenvalue weighted by molar-refractivity contribution is 9.11. The molecular weight excluding hydrogens is 392 g/mol. The molecule has 1 heterocycles. The molecule has 0 saturated carbocycles. The van der Waals surface area contributed by atoms with Crippen molar-refractivity contribution in [2.75, 3.05) is 18.4 Å². The molecule has 1 aromatic rings. The van der Waals surface area contributed by atoms with Gasteiger partial charge >= 0.3 is 5.97 Å². The maximum Gasteiger partial charge on any atom is 0.337 e. The molecular formula is C13H14Br2N2O3. The number of carbonyl (C=O) groups excluding carboxylic acids is 1. The number of carbonyl (C=O) groups is 2. The molecule has 1 aromatic carbocycles. The summed E-state index contributed by atoms with van der Waals surface area (Å²) in [4.78, 5) is 23.7. The number of carboxylic acids is 1. The number of hydrogen-bond acceptors (Lipinski definition) is 3. The Morgan fingerprint density at radius 2 is 2.10 bits per heavy atom. The minimum Gasteiger partial charge on any atom is -0.478 e. The number of carboxylic acid groups (broad SMARTS) is 1. The second kappa shape index (κ2) is 5.83. The zero-order valence-corrected chi connectivity index (χ0v) is 14.0. The van der Waals surface area contributed by atoms with Gasteiger partial charge in [-0.15, -0.1) is 0 Å². The van der Waals surface area contributed by atoms with Gasteiger partial charge in [0.2, 0.25) is 5.91 Å². The average Bonchev–Trinajstić information content (AvgIpc) is 2.80. The predicted molar refractivity (Wildman–Crippen MR) is 83.0 cm³/mol. The van der Waals surface area contributed by atoms with Crippen molar-refractivity contribution in [3.63, 3.8) is 0 Å². The third kappa shape index (κ3) is 3.05. The fourth-order valence-electron chi connectivity index (χ4n) is 2.14. The number of nitrogens with one attached hydrogen (secondary N) is 2. The van der Waals surface area contributed by atoms with E-state index in [9.17, 15) is 14.7 Å². The first-order valence-electron chi connectivity index (χ1n) is 6.08. The number of hydrogen-bond donors (Lipinski definition) is 3. The summed E-state index contributed by atoms with van der Waals surface area (Å²) in [6.07, 6.45) is 0.732. The lowest BCUT2D eigenvalue weighted by Gasteiger charge is -2.22. The molecule has 3 N–H and O–H groups in total. The minimum atomic E-state index is -1.09. The number of halogens is 2. The summed E-state index contributed by atoms with van der Waals surface area (Å²) in [5, 5.41) is 15.1. The fourth-order valence-corrected chi connectivity index (χ4v) is 3.47. The molecule has 2 rings (SSSR count). The van der Waals surface area contributed by atoms with E-state index >= 15 is 0 Å². The fraction of sp³-hybridized carbons (Fsp3) is 0.385. The Kier molecular flexibility index (Phi) is 4.51. The standard InChI is InChI=1S/C13H14Br2N2O3/c1-13(2-3-16-6-13)12(20)17-10-8(11(18)19)4-7(14)5-9(10)15/h4-5,16H,2-3,6H2,1H3,(H,17,20)(H,18,19). The molecule has 1 saturated heterocycles. The van der Waals surface area contributed by atoms with Gasteiger partial charge in [0.25, 0.3) is 0 Å². The number of aromatic carboxylic acids is 1. The van der Waals surface area contributed by atoms with Gasteiger partial charge in [-0.1, -0.05) is 15.9 Å². The van der Waals surface area contributed by atoms with Gasteiger partial charge in [-0.25, -0.2) is 4.79 Å². The van der Waals surface area contributed by atoms with Gasteiger partial charge in [0, 0.05) is 15.5 Å². The molecule has 1 aliphatic rings. The van der Waals surface area contributed by atoms with Gasteiger partial charge in [-0.2, -0.15) is 0 Å². The van der Waals surface area contributed by atoms with E-state index < -0.39 is 11.4 Å². The summed E-state index contributed by atoms with van der Waals surface area (Å²) in [6, 6.07) is 3.18. The molecule has 1 amide bonds. The van der Waals surface area contributed by atoms with Crippen molar-refractivity contribution < 1.29 is 14.7 Å². The third-order valence-corrected chi connectivity index (χ3v) is 4.52. The lowest BCUT2D eigenvalue weighted by atomic mass is 9.88. The number of anilines is 1. The highest BCUT2D eigenvalue weighted by Crippen LogP contribution is 2.33. The van der Waals surface area contributed by atoms with Crippen LogP contribution in [0.15, 0.2) is 21.1 Å². The normalized spacial score (nSPS) is 21.8. The highest BCUT2D eigenvalue weighted by Gasteiger charge is 2.37. The Morgan fingerprint density at radius 3 is 2.65 bits per heavy atom. The molecule has 0 aliphatic carbocycles. The van der Waals surface area contributed by atoms with E-state index in [0.717, 1.165) is 13.0 Å². The Morgan fingerprint density at radius 1 is 1.40 bits per heavy atom. The smallest absolute Gasteiger partial charge is 0.337 e. The maximum absolute atomic E-state index is 12.4. The predicted octanol–water partition coefficient (Wildman–Crippen LogP) is 2.85. The van der Waals surface area contributed by atoms with Crippen LogP contribution in [0.1, 0.15) is 23.7 Å². The molecule has 5 nitrogen and oxygen atoms in total. The first kappa shape index (κ1) is 15.5. The van der Waals surface area contributed by atoms with Crippen LogP contribution < -0.4 is 10.6 Å². The average molecular weight is 406 g/mol. The van der Waals surface area contributed by atoms with E-state index in [4.69, 9.17) is 0 Å². The van der Waals surface area contributed by atoms with Crippen molar-refractivity contribution in [3.8, 4) is 0 Å². The second-order valence-corrected chi connectivity index (χ2v) is 6.83. The molecule has 1 atom stereocenters. The monoisotopic (exact) mass is 404 g/mol. The van der Waals surface area contributed by atoms with Crippen LogP contribution >= 0.6 is 31.9 Å². The second-order valence-electron chi connectivity index (χ2n) is 5.06. The van der Waals surface area contributed by atoms with Crippen LogP contribution in [0.25, 0.3) is 0 Å². The first-order valence-corrected chi connectivity index (χ1v) is 7.66. The third-order valence-electron chi connectivity index (χ3n) is 3.44. The number of rotatable bonds is 3. The highest BCUT2D eigenvalue weighted by atomic mass is 79.9. The molecule has 1 aliphatic heterocycles. The number of benzene rings is 1. The summed E-state index contributed by atoms with van der Waals surface area (Å²) in [5.41, 5.74) is -0.171. The summed E-state index contributed by atoms with van der Waals surface area (Å²) in [7, 11) is 0. The molecule has 20 heavy (non-hydrogen) atoms. The van der Waals surface area contributed by atoms with Crippen LogP contribution in [-0.4, -0.2) is 30.1 Å². The topological polar surface area (TPSA) is 78.4 Å². The summed E-state index contributed by atoms with van der Waals surface area (Å²) in [6.45, 7) is 3.25. The largest absolute Gasteiger partial charge is 0.478 e. The van der Waals surface area contributed by atoms with E-state index in [1.165, 1.54) is 6.07 Å². The van der Waals surface area contributed by atoms with Crippen LogP contribution in [-0.2, 0) is 4.79 Å². The van der Waals surface area contributed by atoms with Gasteiger partial charge in [0.1, 0.15) is 0 Å². The van der Waals surface area contributed by atoms with Crippen molar-refractivity contribution in [1.29, 1.82) is 0 Å². The van der Waals surface area contributed by atoms with Crippen LogP contribution in [0.2, 0.25) is 0 Å². The van der Waals surface area contributed by atoms with E-state index in [1.54, 1.807) is 6.07 Å². The quantitative estimate of drug-likeness (QED) is 0.722. The summed E-state index contributed by atoms with van der Waals surface area (Å²) < 4.78 is 1.17. The first-order chi connectivity index (χ1) is 9.33. The molecule has 0 aromatic heterocycles. The zero-order valence-electron chi connectivity index (χ0n) is 10.8. The molecule has 1 fully saturated rings. The molecule has 7 heteroatoms. The molecule has 0 spiro atoms. The van der Waals surface area contributed by atoms with Gasteiger partial charge in [0.05, 0.1) is 16.7 Å². The van der Waals surface area contributed by atoms with E-state index in [0.29, 0.717) is 21.2 Å². The van der Waals surface area contributed by atoms with Crippen molar-refractivity contribution in [1.82, 2.24) is 5.32 Å². The lowest BCUT2D eigenvalue weighted by molar-refractivity contribution is -0.123. The molecule has 0 radical (unpaired) electrons. The van der Waals surface area contributed by atoms with Crippen molar-refractivity contribution in [2.24, 2.45) is 5.41 Å². The Balaban J connectivity index is 2.33. The minimum absolute atomic E-state index is 0.0501. The Bertz CT molecular complexity index is 569. The van der Waals surface area contributed by atoms with E-state index in [-0.39, 0.29) is 11.5 Å². The van der Waals surface area contributed by atoms with E-state index in [2.05, 4.69) is 42.5 Å². The number of amides is 1. The van der Waals surface area contributed by atoms with Crippen LogP contribution in [0, 0.1) is 5.41 Å². The summed E-state index contributed by atoms with van der Waals surface area (Å²) in [5.74, 6) is -1.26. The Hall–Kier alpha value is -0.920. The van der Waals surface area contributed by atoms with E-state index in [1.807, 2.05) is 6.92 Å². The van der Waals surface area contributed by atoms with Crippen LogP contribution in [0.3, 0.4) is 0 Å². The Labute approximate surface area is 133 Å². The summed E-state index contributed by atoms with van der Waals surface area (Å²) >= 11 is 6.54. The molecule has 1 unspecified atom stereocenters.